The Bertz CT molecular complexity index is 660. The summed E-state index contributed by atoms with van der Waals surface area (Å²) in [7, 11) is 0. The Morgan fingerprint density at radius 2 is 0.833 bits per heavy atom. The molecule has 10 unspecified atom stereocenters. The summed E-state index contributed by atoms with van der Waals surface area (Å²) in [5, 5.41) is 0. The maximum atomic E-state index is 13.6. The molecule has 5 saturated carbocycles. The van der Waals surface area contributed by atoms with Crippen molar-refractivity contribution in [1.82, 2.24) is 0 Å². The molecule has 5 fully saturated rings. The highest BCUT2D eigenvalue weighted by atomic mass is 16.1. The first kappa shape index (κ1) is 21.2. The van der Waals surface area contributed by atoms with Crippen LogP contribution in [0.2, 0.25) is 0 Å². The van der Waals surface area contributed by atoms with Crippen molar-refractivity contribution >= 4 is 11.6 Å². The molecule has 0 aliphatic heterocycles. The van der Waals surface area contributed by atoms with Gasteiger partial charge in [0, 0.05) is 23.7 Å². The van der Waals surface area contributed by atoms with Crippen molar-refractivity contribution in [3.8, 4) is 0 Å². The zero-order chi connectivity index (χ0) is 21.6. The summed E-state index contributed by atoms with van der Waals surface area (Å²) < 4.78 is 0. The number of hydrogen-bond acceptors (Lipinski definition) is 2. The highest BCUT2D eigenvalue weighted by Crippen LogP contribution is 2.62. The van der Waals surface area contributed by atoms with E-state index in [0.717, 1.165) is 25.7 Å². The molecular weight excluding hydrogens is 368 g/mol. The van der Waals surface area contributed by atoms with Crippen LogP contribution in [0.15, 0.2) is 0 Å². The molecule has 30 heavy (non-hydrogen) atoms. The van der Waals surface area contributed by atoms with Gasteiger partial charge in [-0.25, -0.2) is 0 Å². The molecule has 0 spiro atoms. The number of carbonyl (C=O) groups is 2. The van der Waals surface area contributed by atoms with E-state index in [1.165, 1.54) is 25.7 Å². The van der Waals surface area contributed by atoms with Gasteiger partial charge < -0.3 is 0 Å². The van der Waals surface area contributed by atoms with E-state index in [0.29, 0.717) is 69.7 Å². The van der Waals surface area contributed by atoms with Crippen molar-refractivity contribution in [2.75, 3.05) is 0 Å². The molecule has 0 aromatic heterocycles. The van der Waals surface area contributed by atoms with Crippen LogP contribution in [-0.4, -0.2) is 11.6 Å². The second-order valence-corrected chi connectivity index (χ2v) is 14.1. The van der Waals surface area contributed by atoms with Crippen LogP contribution < -0.4 is 0 Å². The highest BCUT2D eigenvalue weighted by Gasteiger charge is 2.61. The lowest BCUT2D eigenvalue weighted by Crippen LogP contribution is -2.36. The van der Waals surface area contributed by atoms with E-state index in [9.17, 15) is 9.59 Å². The first-order valence-electron chi connectivity index (χ1n) is 13.0. The first-order valence-corrected chi connectivity index (χ1v) is 13.0. The predicted molar refractivity (Wildman–Crippen MR) is 121 cm³/mol. The van der Waals surface area contributed by atoms with E-state index in [2.05, 4.69) is 41.5 Å². The van der Waals surface area contributed by atoms with Crippen molar-refractivity contribution in [2.45, 2.75) is 92.9 Å². The Balaban J connectivity index is 1.34. The fraction of sp³-hybridized carbons (Fsp3) is 0.929. The van der Waals surface area contributed by atoms with Crippen LogP contribution in [0.3, 0.4) is 0 Å². The van der Waals surface area contributed by atoms with E-state index in [-0.39, 0.29) is 11.8 Å². The van der Waals surface area contributed by atoms with Crippen LogP contribution in [0.5, 0.6) is 0 Å². The Morgan fingerprint density at radius 1 is 0.500 bits per heavy atom. The van der Waals surface area contributed by atoms with Gasteiger partial charge in [-0.2, -0.15) is 0 Å². The van der Waals surface area contributed by atoms with Gasteiger partial charge in [0.1, 0.15) is 11.6 Å². The molecule has 0 N–H and O–H groups in total. The maximum absolute atomic E-state index is 13.6. The number of rotatable bonds is 0. The minimum atomic E-state index is 0.284. The zero-order valence-electron chi connectivity index (χ0n) is 20.2. The Morgan fingerprint density at radius 3 is 1.17 bits per heavy atom. The number of carbonyl (C=O) groups excluding carboxylic acids is 2. The third kappa shape index (κ3) is 3.17. The maximum Gasteiger partial charge on any atom is 0.139 e. The fourth-order valence-electron chi connectivity index (χ4n) is 9.06. The molecule has 0 heterocycles. The van der Waals surface area contributed by atoms with Gasteiger partial charge in [-0.15, -0.1) is 0 Å². The van der Waals surface area contributed by atoms with Gasteiger partial charge in [0.15, 0.2) is 0 Å². The van der Waals surface area contributed by atoms with Crippen molar-refractivity contribution < 1.29 is 9.59 Å². The normalized spacial score (nSPS) is 48.7. The number of fused-ring (bicyclic) bond motifs is 6. The Labute approximate surface area is 184 Å². The molecule has 0 radical (unpaired) electrons. The standard InChI is InChI=1S/C28H44O2/c1-27(2,3)15-7-9-17-19-13-24-20(14-23(19)25(29)21(17)11-15)18-10-8-16(28(4,5)6)12-22(18)26(24)30/h15-24H,7-14H2,1-6H3. The van der Waals surface area contributed by atoms with Crippen molar-refractivity contribution in [3.63, 3.8) is 0 Å². The molecule has 2 heteroatoms. The SMILES string of the molecule is CC(C)(C)C1CCC2C(C1)C(=O)C1CC3C(CC12)C(=O)C1CC(C(C)(C)C)CCC13. The molecule has 0 aromatic carbocycles. The third-order valence-electron chi connectivity index (χ3n) is 10.9. The smallest absolute Gasteiger partial charge is 0.139 e. The highest BCUT2D eigenvalue weighted by molar-refractivity contribution is 5.90. The van der Waals surface area contributed by atoms with Gasteiger partial charge >= 0.3 is 0 Å². The van der Waals surface area contributed by atoms with Gasteiger partial charge in [-0.05, 0) is 97.7 Å². The monoisotopic (exact) mass is 412 g/mol. The summed E-state index contributed by atoms with van der Waals surface area (Å²) >= 11 is 0. The van der Waals surface area contributed by atoms with Crippen molar-refractivity contribution in [2.24, 2.45) is 70.0 Å². The van der Waals surface area contributed by atoms with Gasteiger partial charge in [-0.3, -0.25) is 9.59 Å². The van der Waals surface area contributed by atoms with Crippen LogP contribution >= 0.6 is 0 Å². The molecule has 5 aliphatic rings. The molecule has 0 saturated heterocycles. The van der Waals surface area contributed by atoms with Crippen LogP contribution in [-0.2, 0) is 9.59 Å². The summed E-state index contributed by atoms with van der Waals surface area (Å²) in [4.78, 5) is 27.2. The lowest BCUT2D eigenvalue weighted by atomic mass is 9.62. The van der Waals surface area contributed by atoms with E-state index >= 15 is 0 Å². The van der Waals surface area contributed by atoms with Gasteiger partial charge in [0.25, 0.3) is 0 Å². The van der Waals surface area contributed by atoms with E-state index in [4.69, 9.17) is 0 Å². The van der Waals surface area contributed by atoms with Gasteiger partial charge in [-0.1, -0.05) is 41.5 Å². The summed E-state index contributed by atoms with van der Waals surface area (Å²) in [6.07, 6.45) is 9.34. The summed E-state index contributed by atoms with van der Waals surface area (Å²) in [6, 6.07) is 0. The minimum absolute atomic E-state index is 0.284. The molecule has 5 aliphatic carbocycles. The van der Waals surface area contributed by atoms with E-state index in [1.807, 2.05) is 0 Å². The van der Waals surface area contributed by atoms with Crippen LogP contribution in [0.25, 0.3) is 0 Å². The van der Waals surface area contributed by atoms with Crippen LogP contribution in [0.4, 0.5) is 0 Å². The van der Waals surface area contributed by atoms with E-state index in [1.54, 1.807) is 0 Å². The molecule has 0 aromatic rings. The number of Topliss-reactive ketones (excluding diaryl/α,β-unsaturated/α-hetero) is 2. The Hall–Kier alpha value is -0.660. The first-order chi connectivity index (χ1) is 14.0. The molecular formula is C28H44O2. The lowest BCUT2D eigenvalue weighted by molar-refractivity contribution is -0.129. The van der Waals surface area contributed by atoms with E-state index < -0.39 is 0 Å². The summed E-state index contributed by atoms with van der Waals surface area (Å²) in [5.74, 6) is 5.96. The Kier molecular flexibility index (Phi) is 4.89. The second-order valence-electron chi connectivity index (χ2n) is 14.1. The average Bonchev–Trinajstić information content (AvgIpc) is 3.11. The van der Waals surface area contributed by atoms with Gasteiger partial charge in [0.2, 0.25) is 0 Å². The zero-order valence-corrected chi connectivity index (χ0v) is 20.2. The largest absolute Gasteiger partial charge is 0.299 e. The summed E-state index contributed by atoms with van der Waals surface area (Å²) in [6.45, 7) is 14.1. The molecule has 2 nitrogen and oxygen atoms in total. The van der Waals surface area contributed by atoms with Crippen molar-refractivity contribution in [3.05, 3.63) is 0 Å². The minimum Gasteiger partial charge on any atom is -0.299 e. The molecule has 168 valence electrons. The van der Waals surface area contributed by atoms with Crippen LogP contribution in [0, 0.1) is 70.0 Å². The third-order valence-corrected chi connectivity index (χ3v) is 10.9. The number of ketones is 2. The molecule has 10 atom stereocenters. The second kappa shape index (κ2) is 6.92. The molecule has 5 rings (SSSR count). The molecule has 0 amide bonds. The predicted octanol–water partition coefficient (Wildman–Crippen LogP) is 6.57. The van der Waals surface area contributed by atoms with Gasteiger partial charge in [0.05, 0.1) is 0 Å². The summed E-state index contributed by atoms with van der Waals surface area (Å²) in [5.41, 5.74) is 0.620. The number of hydrogen-bond donors (Lipinski definition) is 0. The van der Waals surface area contributed by atoms with Crippen molar-refractivity contribution in [1.29, 1.82) is 0 Å². The average molecular weight is 413 g/mol. The van der Waals surface area contributed by atoms with Crippen LogP contribution in [0.1, 0.15) is 92.9 Å². The molecule has 0 bridgehead atoms. The fourth-order valence-corrected chi connectivity index (χ4v) is 9.06. The topological polar surface area (TPSA) is 34.1 Å². The lowest BCUT2D eigenvalue weighted by Gasteiger charge is -2.42. The quantitative estimate of drug-likeness (QED) is 0.451.